The lowest BCUT2D eigenvalue weighted by molar-refractivity contribution is -0.155. The van der Waals surface area contributed by atoms with Crippen LogP contribution < -0.4 is 9.64 Å². The van der Waals surface area contributed by atoms with Gasteiger partial charge >= 0.3 is 5.97 Å². The molecule has 1 fully saturated rings. The summed E-state index contributed by atoms with van der Waals surface area (Å²) < 4.78 is 11.1. The van der Waals surface area contributed by atoms with Crippen LogP contribution in [0.25, 0.3) is 0 Å². The molecule has 0 N–H and O–H groups in total. The molecule has 1 aliphatic heterocycles. The maximum atomic E-state index is 13.3. The number of ether oxygens (including phenoxy) is 2. The van der Waals surface area contributed by atoms with E-state index in [2.05, 4.69) is 4.90 Å². The van der Waals surface area contributed by atoms with Crippen LogP contribution in [0, 0.1) is 5.92 Å². The molecule has 1 amide bonds. The number of esters is 1. The normalized spacial score (nSPS) is 14.9. The Morgan fingerprint density at radius 2 is 1.42 bits per heavy atom. The third-order valence-electron chi connectivity index (χ3n) is 6.93. The van der Waals surface area contributed by atoms with Gasteiger partial charge in [0, 0.05) is 37.4 Å². The number of piperazine rings is 1. The van der Waals surface area contributed by atoms with Crippen LogP contribution in [0.1, 0.15) is 41.8 Å². The topological polar surface area (TPSA) is 76.2 Å². The Hall–Kier alpha value is -4.13. The lowest BCUT2D eigenvalue weighted by atomic mass is 9.95. The van der Waals surface area contributed by atoms with Crippen molar-refractivity contribution in [2.24, 2.45) is 5.92 Å². The minimum absolute atomic E-state index is 0.0221. The predicted molar refractivity (Wildman–Crippen MR) is 146 cm³/mol. The van der Waals surface area contributed by atoms with E-state index < -0.39 is 18.0 Å². The first-order valence-corrected chi connectivity index (χ1v) is 13.0. The fraction of sp³-hybridized carbons (Fsp3) is 0.323. The van der Waals surface area contributed by atoms with Gasteiger partial charge in [-0.2, -0.15) is 0 Å². The molecule has 1 heterocycles. The molecule has 198 valence electrons. The second-order valence-electron chi connectivity index (χ2n) is 9.30. The summed E-state index contributed by atoms with van der Waals surface area (Å²) in [5, 5.41) is 0. The lowest BCUT2D eigenvalue weighted by Gasteiger charge is -2.36. The number of carbonyl (C=O) groups excluding carboxylic acids is 3. The minimum atomic E-state index is -0.924. The molecular weight excluding hydrogens is 480 g/mol. The third-order valence-corrected chi connectivity index (χ3v) is 6.93. The van der Waals surface area contributed by atoms with Gasteiger partial charge in [-0.3, -0.25) is 14.4 Å². The van der Waals surface area contributed by atoms with Crippen LogP contribution in [0.4, 0.5) is 5.69 Å². The zero-order valence-corrected chi connectivity index (χ0v) is 21.9. The van der Waals surface area contributed by atoms with Crippen LogP contribution >= 0.6 is 0 Å². The van der Waals surface area contributed by atoms with Gasteiger partial charge in [0.1, 0.15) is 17.8 Å². The summed E-state index contributed by atoms with van der Waals surface area (Å²) >= 11 is 0. The Kier molecular flexibility index (Phi) is 9.14. The molecule has 3 aromatic carbocycles. The number of methoxy groups -OCH3 is 1. The summed E-state index contributed by atoms with van der Waals surface area (Å²) in [5.41, 5.74) is 2.29. The van der Waals surface area contributed by atoms with E-state index in [0.717, 1.165) is 17.0 Å². The number of hydrogen-bond acceptors (Lipinski definition) is 6. The smallest absolute Gasteiger partial charge is 0.317 e. The highest BCUT2D eigenvalue weighted by molar-refractivity contribution is 6.08. The standard InChI is InChI=1S/C31H34N2O5/c1-3-27(30(35)24-12-8-5-9-13-24)31(36)38-28(23-10-6-4-7-11-23)22-29(34)33-20-18-32(19-21-33)25-14-16-26(37-2)17-15-25/h4-17,27-28H,3,18-22H2,1-2H3. The largest absolute Gasteiger partial charge is 0.497 e. The monoisotopic (exact) mass is 514 g/mol. The molecule has 0 radical (unpaired) electrons. The number of hydrogen-bond donors (Lipinski definition) is 0. The number of anilines is 1. The van der Waals surface area contributed by atoms with Crippen LogP contribution in [-0.4, -0.2) is 55.8 Å². The first kappa shape index (κ1) is 26.9. The van der Waals surface area contributed by atoms with Gasteiger partial charge in [-0.15, -0.1) is 0 Å². The number of ketones is 1. The average Bonchev–Trinajstić information content (AvgIpc) is 2.98. The molecule has 0 saturated carbocycles. The highest BCUT2D eigenvalue weighted by Crippen LogP contribution is 2.27. The molecule has 0 aliphatic carbocycles. The quantitative estimate of drug-likeness (QED) is 0.217. The van der Waals surface area contributed by atoms with Crippen molar-refractivity contribution in [3.05, 3.63) is 96.1 Å². The van der Waals surface area contributed by atoms with E-state index in [9.17, 15) is 14.4 Å². The van der Waals surface area contributed by atoms with Gasteiger partial charge in [-0.25, -0.2) is 0 Å². The maximum Gasteiger partial charge on any atom is 0.317 e. The summed E-state index contributed by atoms with van der Waals surface area (Å²) in [7, 11) is 1.64. The summed E-state index contributed by atoms with van der Waals surface area (Å²) in [6.45, 7) is 4.35. The van der Waals surface area contributed by atoms with Crippen molar-refractivity contribution in [3.8, 4) is 5.75 Å². The van der Waals surface area contributed by atoms with Gasteiger partial charge in [0.15, 0.2) is 5.78 Å². The third kappa shape index (κ3) is 6.59. The fourth-order valence-corrected chi connectivity index (χ4v) is 4.68. The number of benzene rings is 3. The van der Waals surface area contributed by atoms with Gasteiger partial charge in [-0.05, 0) is 36.2 Å². The van der Waals surface area contributed by atoms with Crippen LogP contribution in [0.15, 0.2) is 84.9 Å². The SMILES string of the molecule is CCC(C(=O)OC(CC(=O)N1CCN(c2ccc(OC)cc2)CC1)c1ccccc1)C(=O)c1ccccc1. The predicted octanol–water partition coefficient (Wildman–Crippen LogP) is 4.93. The van der Waals surface area contributed by atoms with Crippen LogP contribution in [-0.2, 0) is 14.3 Å². The van der Waals surface area contributed by atoms with E-state index in [4.69, 9.17) is 9.47 Å². The molecule has 0 spiro atoms. The Balaban J connectivity index is 1.41. The number of nitrogens with zero attached hydrogens (tertiary/aromatic N) is 2. The van der Waals surface area contributed by atoms with Crippen molar-refractivity contribution >= 4 is 23.3 Å². The van der Waals surface area contributed by atoms with Crippen molar-refractivity contribution in [1.82, 2.24) is 4.90 Å². The van der Waals surface area contributed by atoms with Crippen LogP contribution in [0.2, 0.25) is 0 Å². The molecular formula is C31H34N2O5. The number of carbonyl (C=O) groups is 3. The molecule has 2 unspecified atom stereocenters. The van der Waals surface area contributed by atoms with Crippen molar-refractivity contribution < 1.29 is 23.9 Å². The first-order chi connectivity index (χ1) is 18.5. The Bertz CT molecular complexity index is 1210. The molecule has 3 aromatic rings. The molecule has 1 aliphatic rings. The highest BCUT2D eigenvalue weighted by atomic mass is 16.5. The van der Waals surface area contributed by atoms with Crippen molar-refractivity contribution in [1.29, 1.82) is 0 Å². The molecule has 4 rings (SSSR count). The Labute approximate surface area is 224 Å². The molecule has 7 heteroatoms. The summed E-state index contributed by atoms with van der Waals surface area (Å²) in [4.78, 5) is 43.6. The Morgan fingerprint density at radius 3 is 2.00 bits per heavy atom. The van der Waals surface area contributed by atoms with E-state index in [1.165, 1.54) is 0 Å². The maximum absolute atomic E-state index is 13.3. The number of amides is 1. The van der Waals surface area contributed by atoms with Crippen molar-refractivity contribution in [2.75, 3.05) is 38.2 Å². The zero-order valence-electron chi connectivity index (χ0n) is 21.9. The van der Waals surface area contributed by atoms with E-state index in [1.807, 2.05) is 65.6 Å². The second kappa shape index (κ2) is 12.9. The van der Waals surface area contributed by atoms with E-state index in [0.29, 0.717) is 38.2 Å². The van der Waals surface area contributed by atoms with E-state index >= 15 is 0 Å². The molecule has 2 atom stereocenters. The lowest BCUT2D eigenvalue weighted by Crippen LogP contribution is -2.49. The van der Waals surface area contributed by atoms with Crippen LogP contribution in [0.3, 0.4) is 0 Å². The average molecular weight is 515 g/mol. The van der Waals surface area contributed by atoms with Gasteiger partial charge in [-0.1, -0.05) is 67.6 Å². The summed E-state index contributed by atoms with van der Waals surface area (Å²) in [6, 6.07) is 25.9. The molecule has 38 heavy (non-hydrogen) atoms. The van der Waals surface area contributed by atoms with Crippen molar-refractivity contribution in [2.45, 2.75) is 25.9 Å². The molecule has 1 saturated heterocycles. The van der Waals surface area contributed by atoms with Crippen LogP contribution in [0.5, 0.6) is 5.75 Å². The fourth-order valence-electron chi connectivity index (χ4n) is 4.68. The van der Waals surface area contributed by atoms with Gasteiger partial charge in [0.05, 0.1) is 13.5 Å². The first-order valence-electron chi connectivity index (χ1n) is 13.0. The van der Waals surface area contributed by atoms with Gasteiger partial charge in [0.2, 0.25) is 5.91 Å². The van der Waals surface area contributed by atoms with E-state index in [-0.39, 0.29) is 18.1 Å². The summed E-state index contributed by atoms with van der Waals surface area (Å²) in [6.07, 6.45) is -0.433. The number of Topliss-reactive ketones (excluding diaryl/α,β-unsaturated/α-hetero) is 1. The summed E-state index contributed by atoms with van der Waals surface area (Å²) in [5.74, 6) is -1.08. The van der Waals surface area contributed by atoms with Crippen molar-refractivity contribution in [3.63, 3.8) is 0 Å². The highest BCUT2D eigenvalue weighted by Gasteiger charge is 2.32. The minimum Gasteiger partial charge on any atom is -0.497 e. The molecule has 0 aromatic heterocycles. The number of rotatable bonds is 10. The van der Waals surface area contributed by atoms with Gasteiger partial charge < -0.3 is 19.3 Å². The molecule has 0 bridgehead atoms. The molecule has 7 nitrogen and oxygen atoms in total. The second-order valence-corrected chi connectivity index (χ2v) is 9.30. The van der Waals surface area contributed by atoms with Gasteiger partial charge in [0.25, 0.3) is 0 Å². The Morgan fingerprint density at radius 1 is 0.816 bits per heavy atom. The van der Waals surface area contributed by atoms with E-state index in [1.54, 1.807) is 38.3 Å². The zero-order chi connectivity index (χ0) is 26.9.